The van der Waals surface area contributed by atoms with Gasteiger partial charge in [0.15, 0.2) is 5.58 Å². The van der Waals surface area contributed by atoms with E-state index in [-0.39, 0.29) is 5.41 Å². The standard InChI is InChI=1S/C45H29NOS/c1-45(2)34-16-6-3-13-31(34)42-35(45)23-22-30-28-11-4-7-17-36(28)46(43(30)42)37-18-9-15-32-41-27(14-10-19-38(41)47-44(32)37)26-21-24-40-33(25-26)29-12-5-8-20-39(29)48-40/h3-25H,1-2H3. The summed E-state index contributed by atoms with van der Waals surface area (Å²) in [4.78, 5) is 0. The molecule has 0 atom stereocenters. The van der Waals surface area contributed by atoms with Gasteiger partial charge in [-0.3, -0.25) is 0 Å². The van der Waals surface area contributed by atoms with Crippen molar-refractivity contribution in [3.05, 3.63) is 151 Å². The third-order valence-corrected chi connectivity index (χ3v) is 12.0. The number of para-hydroxylation sites is 2. The summed E-state index contributed by atoms with van der Waals surface area (Å²) in [5.41, 5.74) is 13.0. The first-order valence-corrected chi connectivity index (χ1v) is 17.4. The zero-order valence-corrected chi connectivity index (χ0v) is 27.4. The Morgan fingerprint density at radius 1 is 0.562 bits per heavy atom. The van der Waals surface area contributed by atoms with Gasteiger partial charge in [0.05, 0.1) is 16.7 Å². The summed E-state index contributed by atoms with van der Waals surface area (Å²) in [7, 11) is 0. The molecular weight excluding hydrogens is 603 g/mol. The van der Waals surface area contributed by atoms with Gasteiger partial charge in [-0.1, -0.05) is 117 Å². The molecule has 3 aromatic heterocycles. The van der Waals surface area contributed by atoms with Crippen LogP contribution in [0.25, 0.3) is 91.9 Å². The Bertz CT molecular complexity index is 2990. The molecule has 0 spiro atoms. The van der Waals surface area contributed by atoms with Crippen LogP contribution in [0.3, 0.4) is 0 Å². The summed E-state index contributed by atoms with van der Waals surface area (Å²) < 4.78 is 12.0. The maximum absolute atomic E-state index is 6.92. The van der Waals surface area contributed by atoms with Gasteiger partial charge in [-0.15, -0.1) is 11.3 Å². The second kappa shape index (κ2) is 9.25. The van der Waals surface area contributed by atoms with Crippen molar-refractivity contribution in [1.29, 1.82) is 0 Å². The van der Waals surface area contributed by atoms with Crippen LogP contribution in [-0.2, 0) is 5.41 Å². The van der Waals surface area contributed by atoms with Gasteiger partial charge in [-0.2, -0.15) is 0 Å². The molecule has 0 aliphatic heterocycles. The molecule has 48 heavy (non-hydrogen) atoms. The van der Waals surface area contributed by atoms with Crippen LogP contribution in [0.1, 0.15) is 25.0 Å². The average molecular weight is 632 g/mol. The van der Waals surface area contributed by atoms with Crippen LogP contribution in [0, 0.1) is 0 Å². The van der Waals surface area contributed by atoms with Gasteiger partial charge < -0.3 is 8.98 Å². The Labute approximate surface area is 281 Å². The van der Waals surface area contributed by atoms with Gasteiger partial charge in [0.1, 0.15) is 5.58 Å². The van der Waals surface area contributed by atoms with Gasteiger partial charge in [0, 0.05) is 52.7 Å². The van der Waals surface area contributed by atoms with E-state index in [9.17, 15) is 0 Å². The van der Waals surface area contributed by atoms with E-state index in [1.807, 2.05) is 11.3 Å². The topological polar surface area (TPSA) is 18.1 Å². The lowest BCUT2D eigenvalue weighted by molar-refractivity contribution is 0.660. The summed E-state index contributed by atoms with van der Waals surface area (Å²) in [5.74, 6) is 0. The highest BCUT2D eigenvalue weighted by Crippen LogP contribution is 2.53. The Balaban J connectivity index is 1.23. The molecule has 10 aromatic rings. The summed E-state index contributed by atoms with van der Waals surface area (Å²) in [5, 5.41) is 7.43. The number of rotatable bonds is 2. The van der Waals surface area contributed by atoms with Crippen LogP contribution in [0.5, 0.6) is 0 Å². The van der Waals surface area contributed by atoms with Crippen LogP contribution in [-0.4, -0.2) is 4.57 Å². The maximum Gasteiger partial charge on any atom is 0.159 e. The quantitative estimate of drug-likeness (QED) is 0.186. The Kier molecular flexibility index (Phi) is 5.09. The van der Waals surface area contributed by atoms with Gasteiger partial charge in [-0.25, -0.2) is 0 Å². The number of hydrogen-bond acceptors (Lipinski definition) is 2. The van der Waals surface area contributed by atoms with Crippen molar-refractivity contribution in [2.75, 3.05) is 0 Å². The monoisotopic (exact) mass is 631 g/mol. The van der Waals surface area contributed by atoms with E-state index in [0.717, 1.165) is 27.6 Å². The van der Waals surface area contributed by atoms with Crippen molar-refractivity contribution in [1.82, 2.24) is 4.57 Å². The third kappa shape index (κ3) is 3.31. The molecule has 0 fully saturated rings. The largest absolute Gasteiger partial charge is 0.454 e. The molecule has 2 nitrogen and oxygen atoms in total. The highest BCUT2D eigenvalue weighted by atomic mass is 32.1. The molecule has 0 amide bonds. The number of benzene rings is 7. The fourth-order valence-electron chi connectivity index (χ4n) is 8.64. The van der Waals surface area contributed by atoms with E-state index in [2.05, 4.69) is 158 Å². The molecule has 226 valence electrons. The molecule has 0 radical (unpaired) electrons. The molecule has 11 rings (SSSR count). The predicted octanol–water partition coefficient (Wildman–Crippen LogP) is 13.0. The molecule has 0 saturated heterocycles. The molecule has 3 heteroatoms. The Morgan fingerprint density at radius 3 is 2.25 bits per heavy atom. The van der Waals surface area contributed by atoms with Gasteiger partial charge in [-0.05, 0) is 64.2 Å². The number of hydrogen-bond donors (Lipinski definition) is 0. The van der Waals surface area contributed by atoms with Gasteiger partial charge in [0.25, 0.3) is 0 Å². The minimum Gasteiger partial charge on any atom is -0.454 e. The molecule has 0 bridgehead atoms. The Morgan fingerprint density at radius 2 is 1.31 bits per heavy atom. The highest BCUT2D eigenvalue weighted by molar-refractivity contribution is 7.25. The van der Waals surface area contributed by atoms with Gasteiger partial charge in [0.2, 0.25) is 0 Å². The summed E-state index contributed by atoms with van der Waals surface area (Å²) in [6.07, 6.45) is 0. The zero-order valence-electron chi connectivity index (χ0n) is 26.5. The number of thiophene rings is 1. The maximum atomic E-state index is 6.92. The van der Waals surface area contributed by atoms with Crippen LogP contribution in [0.4, 0.5) is 0 Å². The van der Waals surface area contributed by atoms with Crippen molar-refractivity contribution in [2.45, 2.75) is 19.3 Å². The van der Waals surface area contributed by atoms with E-state index in [4.69, 9.17) is 4.42 Å². The second-order valence-electron chi connectivity index (χ2n) is 13.7. The summed E-state index contributed by atoms with van der Waals surface area (Å²) in [6, 6.07) is 51.2. The molecule has 7 aromatic carbocycles. The number of nitrogens with zero attached hydrogens (tertiary/aromatic N) is 1. The van der Waals surface area contributed by atoms with Crippen LogP contribution >= 0.6 is 11.3 Å². The summed E-state index contributed by atoms with van der Waals surface area (Å²) >= 11 is 1.86. The second-order valence-corrected chi connectivity index (χ2v) is 14.7. The van der Waals surface area contributed by atoms with E-state index in [1.54, 1.807) is 0 Å². The van der Waals surface area contributed by atoms with Crippen molar-refractivity contribution in [3.8, 4) is 27.9 Å². The molecule has 1 aliphatic rings. The SMILES string of the molecule is CC1(C)c2ccccc2-c2c1ccc1c3ccccc3n(-c3cccc4c3oc3cccc(-c5ccc6sc7ccccc7c6c5)c34)c21. The normalized spacial score (nSPS) is 13.8. The minimum atomic E-state index is -0.0868. The minimum absolute atomic E-state index is 0.0868. The van der Waals surface area contributed by atoms with Crippen molar-refractivity contribution >= 4 is 75.3 Å². The van der Waals surface area contributed by atoms with Crippen molar-refractivity contribution in [2.24, 2.45) is 0 Å². The van der Waals surface area contributed by atoms with E-state index < -0.39 is 0 Å². The predicted molar refractivity (Wildman–Crippen MR) is 204 cm³/mol. The fraction of sp³-hybridized carbons (Fsp3) is 0.0667. The molecule has 0 saturated carbocycles. The molecule has 0 N–H and O–H groups in total. The molecule has 1 aliphatic carbocycles. The van der Waals surface area contributed by atoms with Crippen LogP contribution < -0.4 is 0 Å². The first-order chi connectivity index (χ1) is 23.6. The van der Waals surface area contributed by atoms with Crippen LogP contribution in [0.2, 0.25) is 0 Å². The highest BCUT2D eigenvalue weighted by Gasteiger charge is 2.37. The summed E-state index contributed by atoms with van der Waals surface area (Å²) in [6.45, 7) is 4.71. The molecule has 3 heterocycles. The zero-order chi connectivity index (χ0) is 31.7. The van der Waals surface area contributed by atoms with Crippen molar-refractivity contribution in [3.63, 3.8) is 0 Å². The number of furan rings is 1. The smallest absolute Gasteiger partial charge is 0.159 e. The lowest BCUT2D eigenvalue weighted by Gasteiger charge is -2.21. The van der Waals surface area contributed by atoms with Gasteiger partial charge >= 0.3 is 0 Å². The lowest BCUT2D eigenvalue weighted by atomic mass is 9.82. The molecule has 0 unspecified atom stereocenters. The first kappa shape index (κ1) is 26.4. The first-order valence-electron chi connectivity index (χ1n) is 16.6. The molecular formula is C45H29NOS. The number of aromatic nitrogens is 1. The average Bonchev–Trinajstić information content (AvgIpc) is 3.85. The van der Waals surface area contributed by atoms with Crippen molar-refractivity contribution < 1.29 is 4.42 Å². The van der Waals surface area contributed by atoms with E-state index in [1.165, 1.54) is 75.4 Å². The number of fused-ring (bicyclic) bond motifs is 13. The third-order valence-electron chi connectivity index (χ3n) is 10.8. The lowest BCUT2D eigenvalue weighted by Crippen LogP contribution is -2.14. The van der Waals surface area contributed by atoms with Crippen LogP contribution in [0.15, 0.2) is 144 Å². The van der Waals surface area contributed by atoms with E-state index in [0.29, 0.717) is 0 Å². The Hall–Kier alpha value is -5.64. The fourth-order valence-corrected chi connectivity index (χ4v) is 9.72. The van der Waals surface area contributed by atoms with E-state index >= 15 is 0 Å².